The summed E-state index contributed by atoms with van der Waals surface area (Å²) in [6, 6.07) is 0. The molecule has 0 bridgehead atoms. The third-order valence-corrected chi connectivity index (χ3v) is 4.23. The number of hydrogen-bond acceptors (Lipinski definition) is 4. The molecule has 1 aromatic heterocycles. The minimum atomic E-state index is 0.194. The number of carbonyl (C=O) groups is 1. The lowest BCUT2D eigenvalue weighted by atomic mass is 10.1. The van der Waals surface area contributed by atoms with Crippen molar-refractivity contribution in [3.63, 3.8) is 0 Å². The molecule has 17 heavy (non-hydrogen) atoms. The molecule has 1 unspecified atom stereocenters. The molecule has 3 nitrogen and oxygen atoms in total. The van der Waals surface area contributed by atoms with Gasteiger partial charge in [0.2, 0.25) is 0 Å². The highest BCUT2D eigenvalue weighted by Gasteiger charge is 2.22. The number of rotatable bonds is 5. The molecule has 1 fully saturated rings. The van der Waals surface area contributed by atoms with Gasteiger partial charge in [0.05, 0.1) is 10.7 Å². The monoisotopic (exact) mass is 252 g/mol. The second-order valence-corrected chi connectivity index (χ2v) is 5.81. The maximum absolute atomic E-state index is 11.0. The van der Waals surface area contributed by atoms with Crippen LogP contribution in [0.1, 0.15) is 31.0 Å². The van der Waals surface area contributed by atoms with E-state index in [9.17, 15) is 4.79 Å². The van der Waals surface area contributed by atoms with Gasteiger partial charge in [0.25, 0.3) is 0 Å². The second-order valence-electron chi connectivity index (χ2n) is 4.86. The molecule has 1 aliphatic rings. The molecule has 0 saturated carbocycles. The molecule has 1 aliphatic heterocycles. The van der Waals surface area contributed by atoms with Crippen LogP contribution in [0.3, 0.4) is 0 Å². The van der Waals surface area contributed by atoms with Crippen molar-refractivity contribution < 1.29 is 4.79 Å². The van der Waals surface area contributed by atoms with E-state index in [-0.39, 0.29) is 5.78 Å². The summed E-state index contributed by atoms with van der Waals surface area (Å²) in [7, 11) is 0. The van der Waals surface area contributed by atoms with Gasteiger partial charge in [-0.2, -0.15) is 0 Å². The number of hydrogen-bond donors (Lipinski definition) is 0. The van der Waals surface area contributed by atoms with Crippen LogP contribution in [0.15, 0.2) is 5.38 Å². The number of Topliss-reactive ketones (excluding diaryl/α,β-unsaturated/α-hetero) is 1. The molecule has 4 heteroatoms. The molecular formula is C13H20N2OS. The SMILES string of the molecule is CCN1CCC(Cc2nc(CC(C)=O)cs2)C1. The first-order chi connectivity index (χ1) is 8.17. The smallest absolute Gasteiger partial charge is 0.135 e. The predicted octanol–water partition coefficient (Wildman–Crippen LogP) is 2.16. The summed E-state index contributed by atoms with van der Waals surface area (Å²) < 4.78 is 0. The average Bonchev–Trinajstić information content (AvgIpc) is 2.88. The van der Waals surface area contributed by atoms with Crippen molar-refractivity contribution in [2.45, 2.75) is 33.1 Å². The van der Waals surface area contributed by atoms with E-state index in [0.29, 0.717) is 6.42 Å². The van der Waals surface area contributed by atoms with E-state index >= 15 is 0 Å². The zero-order valence-corrected chi connectivity index (χ0v) is 11.4. The van der Waals surface area contributed by atoms with Crippen LogP contribution >= 0.6 is 11.3 Å². The summed E-state index contributed by atoms with van der Waals surface area (Å²) in [5.41, 5.74) is 0.947. The second kappa shape index (κ2) is 5.74. The Bertz CT molecular complexity index is 389. The molecule has 0 radical (unpaired) electrons. The number of aromatic nitrogens is 1. The molecule has 1 atom stereocenters. The Kier molecular flexibility index (Phi) is 4.29. The topological polar surface area (TPSA) is 33.2 Å². The lowest BCUT2D eigenvalue weighted by molar-refractivity contribution is -0.116. The molecule has 94 valence electrons. The van der Waals surface area contributed by atoms with Crippen molar-refractivity contribution in [3.05, 3.63) is 16.1 Å². The summed E-state index contributed by atoms with van der Waals surface area (Å²) >= 11 is 1.71. The molecule has 0 aliphatic carbocycles. The van der Waals surface area contributed by atoms with Crippen LogP contribution in [0.5, 0.6) is 0 Å². The van der Waals surface area contributed by atoms with E-state index < -0.39 is 0 Å². The standard InChI is InChI=1S/C13H20N2OS/c1-3-15-5-4-11(8-15)7-13-14-12(9-17-13)6-10(2)16/h9,11H,3-8H2,1-2H3. The molecule has 1 saturated heterocycles. The number of nitrogens with zero attached hydrogens (tertiary/aromatic N) is 2. The molecule has 0 spiro atoms. The van der Waals surface area contributed by atoms with Gasteiger partial charge in [-0.3, -0.25) is 4.79 Å². The molecule has 2 rings (SSSR count). The molecule has 0 aromatic carbocycles. The van der Waals surface area contributed by atoms with Crippen LogP contribution in [-0.4, -0.2) is 35.3 Å². The van der Waals surface area contributed by atoms with Gasteiger partial charge in [-0.05, 0) is 32.4 Å². The first-order valence-electron chi connectivity index (χ1n) is 6.32. The normalized spacial score (nSPS) is 20.9. The van der Waals surface area contributed by atoms with Crippen LogP contribution in [-0.2, 0) is 17.6 Å². The zero-order valence-electron chi connectivity index (χ0n) is 10.6. The fraction of sp³-hybridized carbons (Fsp3) is 0.692. The number of likely N-dealkylation sites (tertiary alicyclic amines) is 1. The Labute approximate surface area is 107 Å². The van der Waals surface area contributed by atoms with Gasteiger partial charge in [-0.25, -0.2) is 4.98 Å². The highest BCUT2D eigenvalue weighted by atomic mass is 32.1. The van der Waals surface area contributed by atoms with Crippen molar-refractivity contribution in [2.24, 2.45) is 5.92 Å². The molecule has 0 amide bonds. The van der Waals surface area contributed by atoms with Gasteiger partial charge in [-0.15, -0.1) is 11.3 Å². The minimum absolute atomic E-state index is 0.194. The highest BCUT2D eigenvalue weighted by Crippen LogP contribution is 2.22. The summed E-state index contributed by atoms with van der Waals surface area (Å²) in [5.74, 6) is 0.950. The van der Waals surface area contributed by atoms with Gasteiger partial charge in [0, 0.05) is 24.8 Å². The van der Waals surface area contributed by atoms with E-state index in [4.69, 9.17) is 0 Å². The highest BCUT2D eigenvalue weighted by molar-refractivity contribution is 7.09. The summed E-state index contributed by atoms with van der Waals surface area (Å²) in [5, 5.41) is 3.23. The Hall–Kier alpha value is -0.740. The Morgan fingerprint density at radius 2 is 2.47 bits per heavy atom. The number of thiazole rings is 1. The number of carbonyl (C=O) groups excluding carboxylic acids is 1. The zero-order chi connectivity index (χ0) is 12.3. The van der Waals surface area contributed by atoms with E-state index in [0.717, 1.165) is 24.6 Å². The van der Waals surface area contributed by atoms with Gasteiger partial charge in [-0.1, -0.05) is 6.92 Å². The molecule has 2 heterocycles. The van der Waals surface area contributed by atoms with Crippen LogP contribution in [0, 0.1) is 5.92 Å². The predicted molar refractivity (Wildman–Crippen MR) is 70.4 cm³/mol. The third kappa shape index (κ3) is 3.61. The van der Waals surface area contributed by atoms with E-state index in [1.54, 1.807) is 18.3 Å². The third-order valence-electron chi connectivity index (χ3n) is 3.31. The molecule has 0 N–H and O–H groups in total. The maximum Gasteiger partial charge on any atom is 0.135 e. The first-order valence-corrected chi connectivity index (χ1v) is 7.20. The lowest BCUT2D eigenvalue weighted by Gasteiger charge is -2.11. The summed E-state index contributed by atoms with van der Waals surface area (Å²) in [6.07, 6.45) is 2.86. The Morgan fingerprint density at radius 3 is 3.12 bits per heavy atom. The van der Waals surface area contributed by atoms with Crippen molar-refractivity contribution in [2.75, 3.05) is 19.6 Å². The fourth-order valence-corrected chi connectivity index (χ4v) is 3.30. The van der Waals surface area contributed by atoms with Crippen molar-refractivity contribution in [1.29, 1.82) is 0 Å². The fourth-order valence-electron chi connectivity index (χ4n) is 2.39. The summed E-state index contributed by atoms with van der Waals surface area (Å²) in [6.45, 7) is 7.43. The van der Waals surface area contributed by atoms with Gasteiger partial charge >= 0.3 is 0 Å². The molecular weight excluding hydrogens is 232 g/mol. The average molecular weight is 252 g/mol. The quantitative estimate of drug-likeness (QED) is 0.805. The van der Waals surface area contributed by atoms with Crippen molar-refractivity contribution >= 4 is 17.1 Å². The largest absolute Gasteiger partial charge is 0.303 e. The van der Waals surface area contributed by atoms with Crippen LogP contribution in [0.4, 0.5) is 0 Å². The van der Waals surface area contributed by atoms with E-state index in [2.05, 4.69) is 16.8 Å². The Balaban J connectivity index is 1.87. The Morgan fingerprint density at radius 1 is 1.65 bits per heavy atom. The van der Waals surface area contributed by atoms with Gasteiger partial charge < -0.3 is 4.90 Å². The van der Waals surface area contributed by atoms with E-state index in [1.807, 2.05) is 5.38 Å². The molecule has 1 aromatic rings. The van der Waals surface area contributed by atoms with Crippen molar-refractivity contribution in [3.8, 4) is 0 Å². The number of ketones is 1. The van der Waals surface area contributed by atoms with Crippen LogP contribution in [0.25, 0.3) is 0 Å². The van der Waals surface area contributed by atoms with Crippen LogP contribution in [0.2, 0.25) is 0 Å². The van der Waals surface area contributed by atoms with Crippen LogP contribution < -0.4 is 0 Å². The minimum Gasteiger partial charge on any atom is -0.303 e. The summed E-state index contributed by atoms with van der Waals surface area (Å²) in [4.78, 5) is 18.0. The van der Waals surface area contributed by atoms with Crippen molar-refractivity contribution in [1.82, 2.24) is 9.88 Å². The maximum atomic E-state index is 11.0. The van der Waals surface area contributed by atoms with Gasteiger partial charge in [0.15, 0.2) is 0 Å². The first kappa shape index (κ1) is 12.7. The van der Waals surface area contributed by atoms with E-state index in [1.165, 1.54) is 24.5 Å². The van der Waals surface area contributed by atoms with Gasteiger partial charge in [0.1, 0.15) is 5.78 Å². The lowest BCUT2D eigenvalue weighted by Crippen LogP contribution is -2.20.